The molecule has 1 aliphatic rings. The van der Waals surface area contributed by atoms with Crippen molar-refractivity contribution in [2.45, 2.75) is 24.2 Å². The fourth-order valence-electron chi connectivity index (χ4n) is 3.16. The number of imide groups is 1. The summed E-state index contributed by atoms with van der Waals surface area (Å²) in [6.45, 7) is -0.331. The summed E-state index contributed by atoms with van der Waals surface area (Å²) in [4.78, 5) is 40.1. The Hall–Kier alpha value is -3.21. The molecule has 0 saturated carbocycles. The number of ether oxygens (including phenoxy) is 1. The van der Waals surface area contributed by atoms with Crippen LogP contribution in [-0.2, 0) is 14.3 Å². The van der Waals surface area contributed by atoms with Crippen LogP contribution >= 0.6 is 0 Å². The Morgan fingerprint density at radius 1 is 1.25 bits per heavy atom. The number of hydrogen-bond acceptors (Lipinski definition) is 6. The molecule has 3 rings (SSSR count). The topological polar surface area (TPSA) is 129 Å². The van der Waals surface area contributed by atoms with E-state index in [0.29, 0.717) is 10.3 Å². The number of esters is 1. The predicted molar refractivity (Wildman–Crippen MR) is 89.5 cm³/mol. The monoisotopic (exact) mass is 396 g/mol. The average molecular weight is 396 g/mol. The van der Waals surface area contributed by atoms with E-state index in [1.165, 1.54) is 18.3 Å². The molecule has 0 radical (unpaired) electrons. The van der Waals surface area contributed by atoms with Gasteiger partial charge in [-0.25, -0.2) is 9.59 Å². The van der Waals surface area contributed by atoms with Gasteiger partial charge in [0, 0.05) is 30.7 Å². The van der Waals surface area contributed by atoms with Gasteiger partial charge in [0.25, 0.3) is 5.91 Å². The Balaban J connectivity index is 2.06. The molecule has 3 amide bonds. The highest BCUT2D eigenvalue weighted by Gasteiger charge is 2.59. The third-order valence-corrected chi connectivity index (χ3v) is 4.61. The minimum Gasteiger partial charge on any atom is -0.440 e. The van der Waals surface area contributed by atoms with Crippen molar-refractivity contribution in [1.29, 1.82) is 0 Å². The van der Waals surface area contributed by atoms with Crippen LogP contribution in [0.3, 0.4) is 0 Å². The van der Waals surface area contributed by atoms with Crippen molar-refractivity contribution in [2.24, 2.45) is 11.5 Å². The summed E-state index contributed by atoms with van der Waals surface area (Å²) in [5.41, 5.74) is 9.01. The first-order valence-corrected chi connectivity index (χ1v) is 8.07. The zero-order valence-corrected chi connectivity index (χ0v) is 14.3. The maximum absolute atomic E-state index is 12.8. The molecular weight excluding hydrogens is 381 g/mol. The largest absolute Gasteiger partial charge is 0.490 e. The highest BCUT2D eigenvalue weighted by molar-refractivity contribution is 6.02. The highest BCUT2D eigenvalue weighted by atomic mass is 19.4. The van der Waals surface area contributed by atoms with Crippen LogP contribution in [0.5, 0.6) is 0 Å². The van der Waals surface area contributed by atoms with Gasteiger partial charge in [0.15, 0.2) is 0 Å². The Morgan fingerprint density at radius 2 is 1.96 bits per heavy atom. The van der Waals surface area contributed by atoms with Gasteiger partial charge in [0.1, 0.15) is 0 Å². The number of carbonyl (C=O) groups is 3. The molecule has 1 aliphatic heterocycles. The zero-order chi connectivity index (χ0) is 20.7. The van der Waals surface area contributed by atoms with Crippen molar-refractivity contribution in [3.8, 4) is 0 Å². The lowest BCUT2D eigenvalue weighted by Crippen LogP contribution is -2.54. The summed E-state index contributed by atoms with van der Waals surface area (Å²) in [5, 5.41) is 1.40. The number of primary amides is 1. The third-order valence-electron chi connectivity index (χ3n) is 4.61. The van der Waals surface area contributed by atoms with Crippen molar-refractivity contribution < 1.29 is 32.3 Å². The standard InChI is InChI=1S/C17H15F3N4O4/c18-17(19,20)14(26)28-16(4-6-24(13(16)25)15(22)27)12(21)10-2-1-9-3-5-23-8-11(9)7-10/h1-3,5,7-8,12H,4,6,21H2,(H2,22,27)/t12?,16-/m1/s1. The molecule has 11 heteroatoms. The van der Waals surface area contributed by atoms with Crippen LogP contribution in [0.1, 0.15) is 18.0 Å². The van der Waals surface area contributed by atoms with E-state index in [4.69, 9.17) is 11.5 Å². The SMILES string of the molecule is NC(=O)N1CC[C@@](OC(=O)C(F)(F)F)(C(N)c2ccc3ccncc3c2)C1=O. The van der Waals surface area contributed by atoms with Gasteiger partial charge in [0.05, 0.1) is 6.04 Å². The van der Waals surface area contributed by atoms with Crippen LogP contribution < -0.4 is 11.5 Å². The van der Waals surface area contributed by atoms with Crippen LogP contribution in [0, 0.1) is 0 Å². The summed E-state index contributed by atoms with van der Waals surface area (Å²) in [5.74, 6) is -3.78. The lowest BCUT2D eigenvalue weighted by atomic mass is 9.86. The Labute approximate surface area is 156 Å². The molecule has 0 spiro atoms. The second-order valence-electron chi connectivity index (χ2n) is 6.28. The lowest BCUT2D eigenvalue weighted by molar-refractivity contribution is -0.215. The summed E-state index contributed by atoms with van der Waals surface area (Å²) < 4.78 is 42.9. The molecule has 2 aromatic rings. The molecule has 0 bridgehead atoms. The van der Waals surface area contributed by atoms with Crippen LogP contribution in [0.15, 0.2) is 36.7 Å². The number of carbonyl (C=O) groups excluding carboxylic acids is 3. The zero-order valence-electron chi connectivity index (χ0n) is 14.3. The molecule has 4 N–H and O–H groups in total. The van der Waals surface area contributed by atoms with E-state index >= 15 is 0 Å². The molecule has 1 saturated heterocycles. The van der Waals surface area contributed by atoms with E-state index in [-0.39, 0.29) is 12.1 Å². The number of urea groups is 1. The minimum absolute atomic E-state index is 0.232. The van der Waals surface area contributed by atoms with Crippen LogP contribution in [0.4, 0.5) is 18.0 Å². The number of nitrogens with two attached hydrogens (primary N) is 2. The molecule has 148 valence electrons. The van der Waals surface area contributed by atoms with E-state index < -0.39 is 42.1 Å². The van der Waals surface area contributed by atoms with Crippen LogP contribution in [0.25, 0.3) is 10.8 Å². The van der Waals surface area contributed by atoms with Crippen LogP contribution in [-0.4, -0.2) is 46.1 Å². The minimum atomic E-state index is -5.35. The maximum Gasteiger partial charge on any atom is 0.490 e. The second kappa shape index (κ2) is 6.75. The second-order valence-corrected chi connectivity index (χ2v) is 6.28. The smallest absolute Gasteiger partial charge is 0.440 e. The Kier molecular flexibility index (Phi) is 4.71. The number of alkyl halides is 3. The number of aromatic nitrogens is 1. The number of hydrogen-bond donors (Lipinski definition) is 2. The molecule has 1 aromatic carbocycles. The summed E-state index contributed by atoms with van der Waals surface area (Å²) >= 11 is 0. The van der Waals surface area contributed by atoms with Gasteiger partial charge in [-0.1, -0.05) is 12.1 Å². The Morgan fingerprint density at radius 3 is 2.57 bits per heavy atom. The number of halogens is 3. The van der Waals surface area contributed by atoms with E-state index in [0.717, 1.165) is 5.39 Å². The summed E-state index contributed by atoms with van der Waals surface area (Å²) in [6, 6.07) is 3.72. The molecule has 8 nitrogen and oxygen atoms in total. The van der Waals surface area contributed by atoms with Gasteiger partial charge in [-0.15, -0.1) is 0 Å². The van der Waals surface area contributed by atoms with E-state index in [1.54, 1.807) is 18.3 Å². The molecule has 28 heavy (non-hydrogen) atoms. The maximum atomic E-state index is 12.8. The highest BCUT2D eigenvalue weighted by Crippen LogP contribution is 2.39. The number of nitrogens with zero attached hydrogens (tertiary/aromatic N) is 2. The van der Waals surface area contributed by atoms with Crippen molar-refractivity contribution in [1.82, 2.24) is 9.88 Å². The van der Waals surface area contributed by atoms with E-state index in [9.17, 15) is 27.6 Å². The van der Waals surface area contributed by atoms with Gasteiger partial charge in [0.2, 0.25) is 5.60 Å². The first-order valence-electron chi connectivity index (χ1n) is 8.07. The van der Waals surface area contributed by atoms with Crippen molar-refractivity contribution in [3.63, 3.8) is 0 Å². The number of rotatable bonds is 3. The van der Waals surface area contributed by atoms with Gasteiger partial charge in [-0.2, -0.15) is 13.2 Å². The summed E-state index contributed by atoms with van der Waals surface area (Å²) in [6.07, 6.45) is -2.71. The number of pyridine rings is 1. The molecular formula is C17H15F3N4O4. The van der Waals surface area contributed by atoms with Crippen LogP contribution in [0.2, 0.25) is 0 Å². The van der Waals surface area contributed by atoms with Crippen molar-refractivity contribution in [2.75, 3.05) is 6.54 Å². The summed E-state index contributed by atoms with van der Waals surface area (Å²) in [7, 11) is 0. The molecule has 2 atom stereocenters. The predicted octanol–water partition coefficient (Wildman–Crippen LogP) is 1.39. The van der Waals surface area contributed by atoms with Gasteiger partial charge >= 0.3 is 18.2 Å². The molecule has 1 unspecified atom stereocenters. The van der Waals surface area contributed by atoms with Gasteiger partial charge in [-0.05, 0) is 23.1 Å². The van der Waals surface area contributed by atoms with Gasteiger partial charge in [-0.3, -0.25) is 14.7 Å². The lowest BCUT2D eigenvalue weighted by Gasteiger charge is -2.33. The normalized spacial score (nSPS) is 21.0. The number of likely N-dealkylation sites (tertiary alicyclic amines) is 1. The van der Waals surface area contributed by atoms with Crippen molar-refractivity contribution in [3.05, 3.63) is 42.2 Å². The fourth-order valence-corrected chi connectivity index (χ4v) is 3.16. The third kappa shape index (κ3) is 3.24. The number of amides is 3. The molecule has 2 heterocycles. The first-order chi connectivity index (χ1) is 13.1. The number of benzene rings is 1. The Bertz CT molecular complexity index is 965. The average Bonchev–Trinajstić information content (AvgIpc) is 2.97. The number of fused-ring (bicyclic) bond motifs is 1. The molecule has 1 fully saturated rings. The molecule has 0 aliphatic carbocycles. The fraction of sp³-hybridized carbons (Fsp3) is 0.294. The van der Waals surface area contributed by atoms with E-state index in [2.05, 4.69) is 9.72 Å². The van der Waals surface area contributed by atoms with Crippen molar-refractivity contribution >= 4 is 28.7 Å². The first kappa shape index (κ1) is 19.5. The molecule has 1 aromatic heterocycles. The van der Waals surface area contributed by atoms with Gasteiger partial charge < -0.3 is 16.2 Å². The quantitative estimate of drug-likeness (QED) is 0.755. The van der Waals surface area contributed by atoms with E-state index in [1.807, 2.05) is 0 Å².